The molecular weight excluding hydrogens is 368 g/mol. The van der Waals surface area contributed by atoms with Gasteiger partial charge < -0.3 is 9.47 Å². The highest BCUT2D eigenvalue weighted by Gasteiger charge is 2.30. The molecule has 2 heteroatoms. The Kier molecular flexibility index (Phi) is 5.45. The van der Waals surface area contributed by atoms with Crippen LogP contribution in [0, 0.1) is 0 Å². The molecular formula is C28H30O2. The molecule has 2 nitrogen and oxygen atoms in total. The van der Waals surface area contributed by atoms with Crippen molar-refractivity contribution in [2.24, 2.45) is 0 Å². The maximum atomic E-state index is 6.28. The molecule has 4 atom stereocenters. The molecule has 154 valence electrons. The molecule has 2 aliphatic carbocycles. The Morgan fingerprint density at radius 1 is 0.600 bits per heavy atom. The van der Waals surface area contributed by atoms with E-state index in [2.05, 4.69) is 86.6 Å². The van der Waals surface area contributed by atoms with Crippen molar-refractivity contribution in [3.8, 4) is 0 Å². The molecule has 0 radical (unpaired) electrons. The molecule has 5 rings (SSSR count). The van der Waals surface area contributed by atoms with Crippen LogP contribution >= 0.6 is 0 Å². The Morgan fingerprint density at radius 3 is 1.40 bits per heavy atom. The Bertz CT molecular complexity index is 925. The van der Waals surface area contributed by atoms with Crippen molar-refractivity contribution >= 4 is 0 Å². The number of hydrogen-bond acceptors (Lipinski definition) is 2. The van der Waals surface area contributed by atoms with Gasteiger partial charge in [0.15, 0.2) is 0 Å². The molecule has 0 aliphatic heterocycles. The summed E-state index contributed by atoms with van der Waals surface area (Å²) < 4.78 is 12.6. The molecule has 0 amide bonds. The Hall–Kier alpha value is -2.42. The third-order valence-electron chi connectivity index (χ3n) is 7.00. The average molecular weight is 399 g/mol. The van der Waals surface area contributed by atoms with E-state index in [0.717, 1.165) is 12.8 Å². The summed E-state index contributed by atoms with van der Waals surface area (Å²) in [7, 11) is 0. The van der Waals surface area contributed by atoms with Crippen molar-refractivity contribution in [3.63, 3.8) is 0 Å². The van der Waals surface area contributed by atoms with E-state index in [0.29, 0.717) is 25.0 Å². The summed E-state index contributed by atoms with van der Waals surface area (Å²) in [6.45, 7) is 5.89. The first-order chi connectivity index (χ1) is 14.7. The molecule has 0 heterocycles. The fourth-order valence-electron chi connectivity index (χ4n) is 5.06. The second kappa shape index (κ2) is 8.37. The maximum absolute atomic E-state index is 6.28. The predicted molar refractivity (Wildman–Crippen MR) is 121 cm³/mol. The van der Waals surface area contributed by atoms with Gasteiger partial charge >= 0.3 is 0 Å². The van der Waals surface area contributed by atoms with Crippen LogP contribution in [0.25, 0.3) is 0 Å². The van der Waals surface area contributed by atoms with Crippen molar-refractivity contribution in [2.75, 3.05) is 0 Å². The van der Waals surface area contributed by atoms with Gasteiger partial charge in [-0.25, -0.2) is 0 Å². The van der Waals surface area contributed by atoms with Crippen LogP contribution < -0.4 is 0 Å². The van der Waals surface area contributed by atoms with Gasteiger partial charge in [0.25, 0.3) is 0 Å². The lowest BCUT2D eigenvalue weighted by Crippen LogP contribution is -2.17. The number of benzene rings is 3. The van der Waals surface area contributed by atoms with Gasteiger partial charge in [0, 0.05) is 11.8 Å². The van der Waals surface area contributed by atoms with Crippen molar-refractivity contribution in [2.45, 2.75) is 63.9 Å². The van der Waals surface area contributed by atoms with Crippen LogP contribution in [0.5, 0.6) is 0 Å². The lowest BCUT2D eigenvalue weighted by Gasteiger charge is -2.18. The van der Waals surface area contributed by atoms with Crippen LogP contribution in [0.2, 0.25) is 0 Å². The molecule has 0 bridgehead atoms. The molecule has 30 heavy (non-hydrogen) atoms. The van der Waals surface area contributed by atoms with Crippen molar-refractivity contribution in [3.05, 3.63) is 106 Å². The molecule has 0 saturated heterocycles. The molecule has 0 aromatic heterocycles. The number of hydrogen-bond donors (Lipinski definition) is 0. The first-order valence-electron chi connectivity index (χ1n) is 11.2. The molecule has 0 spiro atoms. The van der Waals surface area contributed by atoms with E-state index in [4.69, 9.17) is 9.47 Å². The Labute approximate surface area is 179 Å². The van der Waals surface area contributed by atoms with Crippen LogP contribution in [-0.2, 0) is 35.5 Å². The van der Waals surface area contributed by atoms with Gasteiger partial charge in [-0.15, -0.1) is 0 Å². The Morgan fingerprint density at radius 2 is 1.00 bits per heavy atom. The van der Waals surface area contributed by atoms with Crippen LogP contribution in [-0.4, -0.2) is 12.2 Å². The quantitative estimate of drug-likeness (QED) is 0.494. The van der Waals surface area contributed by atoms with Crippen LogP contribution in [0.1, 0.15) is 59.1 Å². The van der Waals surface area contributed by atoms with E-state index >= 15 is 0 Å². The molecule has 0 saturated carbocycles. The zero-order chi connectivity index (χ0) is 20.5. The maximum Gasteiger partial charge on any atom is 0.0721 e. The van der Waals surface area contributed by atoms with Gasteiger partial charge in [-0.1, -0.05) is 86.6 Å². The third-order valence-corrected chi connectivity index (χ3v) is 7.00. The lowest BCUT2D eigenvalue weighted by atomic mass is 10.0. The minimum atomic E-state index is 0.274. The summed E-state index contributed by atoms with van der Waals surface area (Å²) in [5.74, 6) is 0.929. The SMILES string of the molecule is C[C@H]1c2ccccc2C[C@H]1OCc1ccc(CO[C@@H]2Cc3ccccc3[C@@H]2C)cc1. The predicted octanol–water partition coefficient (Wildman–Crippen LogP) is 6.18. The topological polar surface area (TPSA) is 18.5 Å². The van der Waals surface area contributed by atoms with Crippen molar-refractivity contribution in [1.82, 2.24) is 0 Å². The normalized spacial score (nSPS) is 24.6. The molecule has 0 unspecified atom stereocenters. The lowest BCUT2D eigenvalue weighted by molar-refractivity contribution is 0.0322. The second-order valence-corrected chi connectivity index (χ2v) is 8.90. The van der Waals surface area contributed by atoms with E-state index in [1.807, 2.05) is 0 Å². The zero-order valence-electron chi connectivity index (χ0n) is 17.9. The summed E-state index contributed by atoms with van der Waals surface area (Å²) in [5, 5.41) is 0. The fraction of sp³-hybridized carbons (Fsp3) is 0.357. The van der Waals surface area contributed by atoms with Gasteiger partial charge in [-0.05, 0) is 46.2 Å². The molecule has 3 aromatic carbocycles. The fourth-order valence-corrected chi connectivity index (χ4v) is 5.06. The highest BCUT2D eigenvalue weighted by atomic mass is 16.5. The highest BCUT2D eigenvalue weighted by molar-refractivity contribution is 5.37. The minimum Gasteiger partial charge on any atom is -0.373 e. The standard InChI is InChI=1S/C28H30O2/c1-19-25-9-5-3-7-23(25)15-27(19)29-17-21-11-13-22(14-12-21)18-30-28-16-24-8-4-6-10-26(24)20(28)2/h3-14,19-20,27-28H,15-18H2,1-2H3/t19-,20-,27+,28+/m0/s1. The van der Waals surface area contributed by atoms with E-state index < -0.39 is 0 Å². The monoisotopic (exact) mass is 398 g/mol. The Balaban J connectivity index is 1.13. The van der Waals surface area contributed by atoms with Gasteiger partial charge in [0.2, 0.25) is 0 Å². The average Bonchev–Trinajstić information content (AvgIpc) is 3.28. The molecule has 0 N–H and O–H groups in total. The molecule has 2 aliphatic rings. The first kappa shape index (κ1) is 19.5. The van der Waals surface area contributed by atoms with E-state index in [1.165, 1.54) is 33.4 Å². The summed E-state index contributed by atoms with van der Waals surface area (Å²) in [5.41, 5.74) is 8.21. The molecule has 3 aromatic rings. The summed E-state index contributed by atoms with van der Waals surface area (Å²) in [6, 6.07) is 26.2. The smallest absolute Gasteiger partial charge is 0.0721 e. The van der Waals surface area contributed by atoms with Crippen molar-refractivity contribution in [1.29, 1.82) is 0 Å². The van der Waals surface area contributed by atoms with Crippen LogP contribution in [0.15, 0.2) is 72.8 Å². The van der Waals surface area contributed by atoms with Gasteiger partial charge in [0.05, 0.1) is 25.4 Å². The number of fused-ring (bicyclic) bond motifs is 2. The van der Waals surface area contributed by atoms with Crippen molar-refractivity contribution < 1.29 is 9.47 Å². The zero-order valence-corrected chi connectivity index (χ0v) is 17.9. The summed E-state index contributed by atoms with van der Waals surface area (Å²) in [4.78, 5) is 0. The first-order valence-corrected chi connectivity index (χ1v) is 11.2. The molecule has 0 fully saturated rings. The van der Waals surface area contributed by atoms with E-state index in [-0.39, 0.29) is 12.2 Å². The van der Waals surface area contributed by atoms with Gasteiger partial charge in [-0.2, -0.15) is 0 Å². The number of ether oxygens (including phenoxy) is 2. The van der Waals surface area contributed by atoms with Gasteiger partial charge in [0.1, 0.15) is 0 Å². The van der Waals surface area contributed by atoms with Crippen LogP contribution in [0.3, 0.4) is 0 Å². The van der Waals surface area contributed by atoms with E-state index in [9.17, 15) is 0 Å². The largest absolute Gasteiger partial charge is 0.373 e. The number of rotatable bonds is 6. The summed E-state index contributed by atoms with van der Waals surface area (Å²) >= 11 is 0. The van der Waals surface area contributed by atoms with Gasteiger partial charge in [-0.3, -0.25) is 0 Å². The minimum absolute atomic E-state index is 0.274. The van der Waals surface area contributed by atoms with E-state index in [1.54, 1.807) is 0 Å². The highest BCUT2D eigenvalue weighted by Crippen LogP contribution is 2.36. The summed E-state index contributed by atoms with van der Waals surface area (Å²) in [6.07, 6.45) is 2.59. The second-order valence-electron chi connectivity index (χ2n) is 8.90. The third kappa shape index (κ3) is 3.82. The van der Waals surface area contributed by atoms with Crippen LogP contribution in [0.4, 0.5) is 0 Å².